The van der Waals surface area contributed by atoms with E-state index in [0.717, 1.165) is 0 Å². The lowest BCUT2D eigenvalue weighted by atomic mass is 10.3. The Balaban J connectivity index is 1.74. The van der Waals surface area contributed by atoms with Crippen LogP contribution in [-0.4, -0.2) is 16.6 Å². The van der Waals surface area contributed by atoms with Gasteiger partial charge in [0.15, 0.2) is 0 Å². The molecule has 25 heavy (non-hydrogen) atoms. The number of hydrogen-bond donors (Lipinski definition) is 0. The molecule has 2 fully saturated rings. The van der Waals surface area contributed by atoms with Gasteiger partial charge >= 0.3 is 0 Å². The molecule has 132 valence electrons. The monoisotopic (exact) mass is 366 g/mol. The van der Waals surface area contributed by atoms with Crippen molar-refractivity contribution < 1.29 is 4.12 Å². The number of hydrogen-bond acceptors (Lipinski definition) is 1. The van der Waals surface area contributed by atoms with Gasteiger partial charge in [-0.3, -0.25) is 0 Å². The smallest absolute Gasteiger partial charge is 0.212 e. The minimum Gasteiger partial charge on any atom is -0.448 e. The van der Waals surface area contributed by atoms with Crippen LogP contribution in [0.15, 0.2) is 60.7 Å². The fraction of sp³-hybridized carbons (Fsp3) is 0.455. The fourth-order valence-corrected chi connectivity index (χ4v) is 17.1. The second-order valence-electron chi connectivity index (χ2n) is 7.94. The predicted octanol–water partition coefficient (Wildman–Crippen LogP) is 5.08. The van der Waals surface area contributed by atoms with Crippen molar-refractivity contribution in [1.29, 1.82) is 0 Å². The molecule has 2 heterocycles. The second-order valence-corrected chi connectivity index (χ2v) is 15.9. The highest BCUT2D eigenvalue weighted by Crippen LogP contribution is 2.37. The summed E-state index contributed by atoms with van der Waals surface area (Å²) in [6.45, 7) is 0. The largest absolute Gasteiger partial charge is 0.448 e. The predicted molar refractivity (Wildman–Crippen MR) is 112 cm³/mol. The molecule has 0 amide bonds. The molecule has 2 aliphatic heterocycles. The molecule has 3 heteroatoms. The Hall–Kier alpha value is -1.17. The third-order valence-corrected chi connectivity index (χ3v) is 16.9. The van der Waals surface area contributed by atoms with Crippen molar-refractivity contribution in [3.05, 3.63) is 60.7 Å². The molecule has 0 radical (unpaired) electrons. The average molecular weight is 367 g/mol. The van der Waals surface area contributed by atoms with E-state index in [-0.39, 0.29) is 0 Å². The van der Waals surface area contributed by atoms with Crippen LogP contribution in [-0.2, 0) is 4.12 Å². The van der Waals surface area contributed by atoms with Crippen molar-refractivity contribution in [3.63, 3.8) is 0 Å². The summed E-state index contributed by atoms with van der Waals surface area (Å²) < 4.78 is 7.56. The fourth-order valence-electron chi connectivity index (χ4n) is 5.00. The molecule has 4 rings (SSSR count). The summed E-state index contributed by atoms with van der Waals surface area (Å²) in [7, 11) is -3.68. The van der Waals surface area contributed by atoms with Crippen LogP contribution in [0, 0.1) is 0 Å². The lowest BCUT2D eigenvalue weighted by molar-refractivity contribution is 0.485. The molecule has 0 aromatic heterocycles. The Morgan fingerprint density at radius 2 is 0.840 bits per heavy atom. The van der Waals surface area contributed by atoms with Crippen LogP contribution < -0.4 is 10.4 Å². The van der Waals surface area contributed by atoms with Crippen LogP contribution in [0.25, 0.3) is 0 Å². The van der Waals surface area contributed by atoms with Gasteiger partial charge < -0.3 is 4.12 Å². The molecule has 0 spiro atoms. The van der Waals surface area contributed by atoms with Gasteiger partial charge in [0.25, 0.3) is 0 Å². The van der Waals surface area contributed by atoms with Gasteiger partial charge in [-0.1, -0.05) is 99.2 Å². The molecule has 0 unspecified atom stereocenters. The van der Waals surface area contributed by atoms with Crippen molar-refractivity contribution in [2.75, 3.05) is 0 Å². The highest BCUT2D eigenvalue weighted by Gasteiger charge is 2.48. The first-order valence-electron chi connectivity index (χ1n) is 10.1. The van der Waals surface area contributed by atoms with Crippen LogP contribution >= 0.6 is 0 Å². The normalized spacial score (nSPS) is 22.4. The van der Waals surface area contributed by atoms with Crippen LogP contribution in [0.2, 0.25) is 24.2 Å². The van der Waals surface area contributed by atoms with Gasteiger partial charge in [-0.25, -0.2) is 0 Å². The summed E-state index contributed by atoms with van der Waals surface area (Å²) in [5, 5.41) is 3.12. The van der Waals surface area contributed by atoms with Crippen molar-refractivity contribution in [2.24, 2.45) is 0 Å². The van der Waals surface area contributed by atoms with E-state index in [2.05, 4.69) is 60.7 Å². The molecule has 1 nitrogen and oxygen atoms in total. The van der Waals surface area contributed by atoms with E-state index in [1.54, 1.807) is 10.4 Å². The zero-order valence-corrected chi connectivity index (χ0v) is 17.3. The Morgan fingerprint density at radius 3 is 1.20 bits per heavy atom. The first kappa shape index (κ1) is 17.3. The molecule has 0 atom stereocenters. The summed E-state index contributed by atoms with van der Waals surface area (Å²) >= 11 is 0. The first-order chi connectivity index (χ1) is 12.3. The lowest BCUT2D eigenvalue weighted by Crippen LogP contribution is -2.64. The summed E-state index contributed by atoms with van der Waals surface area (Å²) in [6.07, 6.45) is 8.23. The van der Waals surface area contributed by atoms with E-state index in [4.69, 9.17) is 4.12 Å². The van der Waals surface area contributed by atoms with E-state index < -0.39 is 16.6 Å². The molecule has 0 saturated carbocycles. The third kappa shape index (κ3) is 3.55. The Labute approximate surface area is 154 Å². The first-order valence-corrected chi connectivity index (χ1v) is 14.8. The van der Waals surface area contributed by atoms with Crippen LogP contribution in [0.4, 0.5) is 0 Å². The van der Waals surface area contributed by atoms with Gasteiger partial charge in [0.1, 0.15) is 0 Å². The summed E-state index contributed by atoms with van der Waals surface area (Å²) in [5.74, 6) is 0. The maximum Gasteiger partial charge on any atom is 0.212 e. The minimum atomic E-state index is -1.84. The van der Waals surface area contributed by atoms with Crippen molar-refractivity contribution >= 4 is 27.0 Å². The van der Waals surface area contributed by atoms with Gasteiger partial charge in [-0.05, 0) is 34.5 Å². The molecule has 2 aromatic rings. The van der Waals surface area contributed by atoms with Crippen LogP contribution in [0.3, 0.4) is 0 Å². The average Bonchev–Trinajstić information content (AvgIpc) is 2.71. The molecule has 0 N–H and O–H groups in total. The summed E-state index contributed by atoms with van der Waals surface area (Å²) in [5.41, 5.74) is 0. The van der Waals surface area contributed by atoms with Gasteiger partial charge in [-0.15, -0.1) is 0 Å². The molecule has 0 aliphatic carbocycles. The standard InChI is InChI=1S/C22H30OSi2/c1-5-13-21(14-6-1)24(17-9-3-10-18-24)23-25(19-11-4-12-20-25)22-15-7-2-8-16-22/h1-2,5-8,13-16H,3-4,9-12,17-20H2. The molecular formula is C22H30OSi2. The molecule has 2 aliphatic rings. The minimum absolute atomic E-state index is 1.33. The molecule has 2 saturated heterocycles. The molecule has 2 aromatic carbocycles. The topological polar surface area (TPSA) is 9.23 Å². The van der Waals surface area contributed by atoms with E-state index in [1.165, 1.54) is 62.7 Å². The summed E-state index contributed by atoms with van der Waals surface area (Å²) in [4.78, 5) is 0. The van der Waals surface area contributed by atoms with Gasteiger partial charge in [0.05, 0.1) is 0 Å². The highest BCUT2D eigenvalue weighted by atomic mass is 28.4. The second kappa shape index (κ2) is 7.60. The van der Waals surface area contributed by atoms with E-state index in [9.17, 15) is 0 Å². The SMILES string of the molecule is c1ccc([Si]2(O[Si]3(c4ccccc4)CCCCC3)CCCCC2)cc1. The van der Waals surface area contributed by atoms with E-state index >= 15 is 0 Å². The van der Waals surface area contributed by atoms with E-state index in [1.807, 2.05) is 0 Å². The number of benzene rings is 2. The summed E-state index contributed by atoms with van der Waals surface area (Å²) in [6, 6.07) is 28.0. The Kier molecular flexibility index (Phi) is 5.25. The molecule has 0 bridgehead atoms. The van der Waals surface area contributed by atoms with Crippen LogP contribution in [0.5, 0.6) is 0 Å². The quantitative estimate of drug-likeness (QED) is 0.686. The van der Waals surface area contributed by atoms with Crippen molar-refractivity contribution in [3.8, 4) is 0 Å². The van der Waals surface area contributed by atoms with Crippen molar-refractivity contribution in [2.45, 2.75) is 62.7 Å². The van der Waals surface area contributed by atoms with Crippen LogP contribution in [0.1, 0.15) is 38.5 Å². The lowest BCUT2D eigenvalue weighted by Gasteiger charge is -2.46. The Bertz CT molecular complexity index is 599. The molecular weight excluding hydrogens is 336 g/mol. The third-order valence-electron chi connectivity index (χ3n) is 6.31. The zero-order chi connectivity index (χ0) is 17.0. The number of rotatable bonds is 4. The van der Waals surface area contributed by atoms with E-state index in [0.29, 0.717) is 0 Å². The maximum atomic E-state index is 7.56. The van der Waals surface area contributed by atoms with Gasteiger partial charge in [0.2, 0.25) is 16.6 Å². The van der Waals surface area contributed by atoms with Gasteiger partial charge in [-0.2, -0.15) is 0 Å². The zero-order valence-electron chi connectivity index (χ0n) is 15.3. The highest BCUT2D eigenvalue weighted by molar-refractivity contribution is 6.99. The maximum absolute atomic E-state index is 7.56. The van der Waals surface area contributed by atoms with Gasteiger partial charge in [0, 0.05) is 0 Å². The van der Waals surface area contributed by atoms with Crippen molar-refractivity contribution in [1.82, 2.24) is 0 Å². The Morgan fingerprint density at radius 1 is 0.480 bits per heavy atom.